The largest absolute Gasteiger partial charge is 0.507 e. The number of likely N-dealkylation sites (tertiary alicyclic amines) is 1. The third-order valence-corrected chi connectivity index (χ3v) is 5.15. The van der Waals surface area contributed by atoms with E-state index in [1.165, 1.54) is 6.42 Å². The van der Waals surface area contributed by atoms with Crippen LogP contribution in [-0.2, 0) is 0 Å². The van der Waals surface area contributed by atoms with E-state index in [4.69, 9.17) is 0 Å². The summed E-state index contributed by atoms with van der Waals surface area (Å²) < 4.78 is 2.05. The Kier molecular flexibility index (Phi) is 4.28. The summed E-state index contributed by atoms with van der Waals surface area (Å²) in [5.41, 5.74) is 4.52. The Morgan fingerprint density at radius 3 is 2.81 bits per heavy atom. The Labute approximate surface area is 153 Å². The number of hydrogen-bond acceptors (Lipinski definition) is 5. The van der Waals surface area contributed by atoms with Crippen LogP contribution in [0.3, 0.4) is 0 Å². The summed E-state index contributed by atoms with van der Waals surface area (Å²) in [4.78, 5) is 2.34. The molecule has 6 nitrogen and oxygen atoms in total. The van der Waals surface area contributed by atoms with Crippen molar-refractivity contribution >= 4 is 11.5 Å². The van der Waals surface area contributed by atoms with Crippen molar-refractivity contribution < 1.29 is 5.11 Å². The van der Waals surface area contributed by atoms with Gasteiger partial charge in [-0.2, -0.15) is 0 Å². The lowest BCUT2D eigenvalue weighted by Gasteiger charge is -2.30. The van der Waals surface area contributed by atoms with Gasteiger partial charge in [0.1, 0.15) is 11.4 Å². The number of benzene rings is 1. The Morgan fingerprint density at radius 2 is 2.04 bits per heavy atom. The first-order valence-electron chi connectivity index (χ1n) is 9.12. The van der Waals surface area contributed by atoms with Gasteiger partial charge in [-0.1, -0.05) is 6.07 Å². The summed E-state index contributed by atoms with van der Waals surface area (Å²) >= 11 is 0. The highest BCUT2D eigenvalue weighted by Crippen LogP contribution is 2.33. The number of aryl methyl sites for hydroxylation is 2. The van der Waals surface area contributed by atoms with Gasteiger partial charge in [0.15, 0.2) is 0 Å². The molecule has 4 rings (SSSR count). The number of nitrogens with zero attached hydrogens (tertiary/aromatic N) is 4. The molecule has 1 aliphatic heterocycles. The van der Waals surface area contributed by atoms with Crippen LogP contribution in [0.25, 0.3) is 16.8 Å². The number of phenolic OH excluding ortho intramolecular Hbond substituents is 1. The molecule has 2 aromatic heterocycles. The second kappa shape index (κ2) is 6.61. The van der Waals surface area contributed by atoms with Crippen LogP contribution in [0.1, 0.15) is 24.0 Å². The molecule has 1 aromatic carbocycles. The average Bonchev–Trinajstić information content (AvgIpc) is 2.99. The number of aromatic hydroxyl groups is 1. The van der Waals surface area contributed by atoms with Gasteiger partial charge in [-0.3, -0.25) is 4.40 Å². The van der Waals surface area contributed by atoms with Gasteiger partial charge >= 0.3 is 0 Å². The molecule has 0 aliphatic carbocycles. The number of fused-ring (bicyclic) bond motifs is 1. The lowest BCUT2D eigenvalue weighted by atomic mass is 10.1. The van der Waals surface area contributed by atoms with Crippen LogP contribution in [0.5, 0.6) is 5.75 Å². The zero-order chi connectivity index (χ0) is 18.3. The van der Waals surface area contributed by atoms with Crippen molar-refractivity contribution in [2.24, 2.45) is 0 Å². The topological polar surface area (TPSA) is 65.7 Å². The molecule has 2 N–H and O–H groups in total. The Hall–Kier alpha value is -2.60. The molecule has 26 heavy (non-hydrogen) atoms. The summed E-state index contributed by atoms with van der Waals surface area (Å²) in [6.45, 7) is 6.17. The SMILES string of the molecule is Cc1ccc(-c2nnc(NC3CCCN(C)C3)n3ccc(C)c23)c(O)c1. The number of phenols is 1. The van der Waals surface area contributed by atoms with Crippen molar-refractivity contribution in [3.05, 3.63) is 41.6 Å². The predicted octanol–water partition coefficient (Wildman–Crippen LogP) is 3.22. The van der Waals surface area contributed by atoms with Crippen molar-refractivity contribution in [1.29, 1.82) is 0 Å². The monoisotopic (exact) mass is 351 g/mol. The lowest BCUT2D eigenvalue weighted by Crippen LogP contribution is -2.40. The number of aromatic nitrogens is 3. The molecule has 0 amide bonds. The van der Waals surface area contributed by atoms with E-state index in [1.807, 2.05) is 29.7 Å². The van der Waals surface area contributed by atoms with Gasteiger partial charge in [-0.15, -0.1) is 10.2 Å². The first-order chi connectivity index (χ1) is 12.5. The summed E-state index contributed by atoms with van der Waals surface area (Å²) in [7, 11) is 2.15. The highest BCUT2D eigenvalue weighted by atomic mass is 16.3. The van der Waals surface area contributed by atoms with Crippen molar-refractivity contribution in [2.45, 2.75) is 32.7 Å². The van der Waals surface area contributed by atoms with E-state index in [9.17, 15) is 5.11 Å². The molecule has 136 valence electrons. The molecule has 1 fully saturated rings. The number of hydrogen-bond donors (Lipinski definition) is 2. The maximum absolute atomic E-state index is 10.4. The van der Waals surface area contributed by atoms with Crippen molar-refractivity contribution in [2.75, 3.05) is 25.5 Å². The van der Waals surface area contributed by atoms with Crippen LogP contribution >= 0.6 is 0 Å². The molecule has 1 saturated heterocycles. The second-order valence-electron chi connectivity index (χ2n) is 7.36. The summed E-state index contributed by atoms with van der Waals surface area (Å²) in [6.07, 6.45) is 4.34. The van der Waals surface area contributed by atoms with Gasteiger partial charge in [0.2, 0.25) is 5.95 Å². The van der Waals surface area contributed by atoms with Crippen LogP contribution in [0.2, 0.25) is 0 Å². The van der Waals surface area contributed by atoms with Gasteiger partial charge in [0.05, 0.1) is 5.52 Å². The van der Waals surface area contributed by atoms with Crippen molar-refractivity contribution in [1.82, 2.24) is 19.5 Å². The number of rotatable bonds is 3. The Morgan fingerprint density at radius 1 is 1.19 bits per heavy atom. The zero-order valence-corrected chi connectivity index (χ0v) is 15.5. The molecule has 1 unspecified atom stereocenters. The van der Waals surface area contributed by atoms with Gasteiger partial charge in [-0.05, 0) is 69.6 Å². The van der Waals surface area contributed by atoms with Crippen LogP contribution in [0.4, 0.5) is 5.95 Å². The van der Waals surface area contributed by atoms with E-state index in [-0.39, 0.29) is 5.75 Å². The van der Waals surface area contributed by atoms with E-state index >= 15 is 0 Å². The van der Waals surface area contributed by atoms with Crippen molar-refractivity contribution in [3.8, 4) is 17.0 Å². The third kappa shape index (κ3) is 3.01. The maximum Gasteiger partial charge on any atom is 0.228 e. The van der Waals surface area contributed by atoms with E-state index in [0.29, 0.717) is 17.3 Å². The molecule has 0 radical (unpaired) electrons. The fourth-order valence-corrected chi connectivity index (χ4v) is 3.79. The van der Waals surface area contributed by atoms with E-state index in [1.54, 1.807) is 6.07 Å². The molecule has 0 saturated carbocycles. The van der Waals surface area contributed by atoms with E-state index < -0.39 is 0 Å². The van der Waals surface area contributed by atoms with Gasteiger partial charge in [-0.25, -0.2) is 0 Å². The predicted molar refractivity (Wildman–Crippen MR) is 104 cm³/mol. The first-order valence-corrected chi connectivity index (χ1v) is 9.12. The minimum atomic E-state index is 0.233. The quantitative estimate of drug-likeness (QED) is 0.758. The third-order valence-electron chi connectivity index (χ3n) is 5.15. The minimum absolute atomic E-state index is 0.233. The summed E-state index contributed by atoms with van der Waals surface area (Å²) in [6, 6.07) is 8.08. The lowest BCUT2D eigenvalue weighted by molar-refractivity contribution is 0.260. The number of anilines is 1. The van der Waals surface area contributed by atoms with Crippen LogP contribution in [0.15, 0.2) is 30.5 Å². The van der Waals surface area contributed by atoms with Crippen molar-refractivity contribution in [3.63, 3.8) is 0 Å². The van der Waals surface area contributed by atoms with E-state index in [2.05, 4.69) is 40.5 Å². The molecule has 3 aromatic rings. The molecule has 6 heteroatoms. The van der Waals surface area contributed by atoms with Crippen LogP contribution in [-0.4, -0.2) is 50.8 Å². The average molecular weight is 351 g/mol. The zero-order valence-electron chi connectivity index (χ0n) is 15.5. The summed E-state index contributed by atoms with van der Waals surface area (Å²) in [5.74, 6) is 0.986. The fraction of sp³-hybridized carbons (Fsp3) is 0.400. The highest BCUT2D eigenvalue weighted by Gasteiger charge is 2.20. The first kappa shape index (κ1) is 16.8. The molecule has 1 atom stereocenters. The van der Waals surface area contributed by atoms with E-state index in [0.717, 1.165) is 42.1 Å². The molecule has 0 bridgehead atoms. The number of piperidine rings is 1. The molecule has 1 aliphatic rings. The van der Waals surface area contributed by atoms with Gasteiger partial charge in [0, 0.05) is 24.3 Å². The summed E-state index contributed by atoms with van der Waals surface area (Å²) in [5, 5.41) is 22.9. The fourth-order valence-electron chi connectivity index (χ4n) is 3.79. The molecular formula is C20H25N5O. The second-order valence-corrected chi connectivity index (χ2v) is 7.36. The van der Waals surface area contributed by atoms with Crippen LogP contribution < -0.4 is 5.32 Å². The van der Waals surface area contributed by atoms with Gasteiger partial charge < -0.3 is 15.3 Å². The molecular weight excluding hydrogens is 326 g/mol. The normalized spacial score (nSPS) is 18.3. The number of likely N-dealkylation sites (N-methyl/N-ethyl adjacent to an activating group) is 1. The number of nitrogens with one attached hydrogen (secondary N) is 1. The minimum Gasteiger partial charge on any atom is -0.507 e. The molecule has 0 spiro atoms. The maximum atomic E-state index is 10.4. The van der Waals surface area contributed by atoms with Crippen LogP contribution in [0, 0.1) is 13.8 Å². The highest BCUT2D eigenvalue weighted by molar-refractivity contribution is 5.83. The smallest absolute Gasteiger partial charge is 0.228 e. The Bertz CT molecular complexity index is 949. The Balaban J connectivity index is 1.77. The molecule has 3 heterocycles. The standard InChI is InChI=1S/C20H25N5O/c1-13-6-7-16(17(26)11-13)18-19-14(2)8-10-25(19)20(23-22-18)21-15-5-4-9-24(3)12-15/h6-8,10-11,15,26H,4-5,9,12H2,1-3H3,(H,21,23). The van der Waals surface area contributed by atoms with Gasteiger partial charge in [0.25, 0.3) is 0 Å².